The first-order valence-electron chi connectivity index (χ1n) is 6.79. The zero-order valence-corrected chi connectivity index (χ0v) is 11.3. The van der Waals surface area contributed by atoms with E-state index >= 15 is 0 Å². The van der Waals surface area contributed by atoms with Crippen LogP contribution in [0.5, 0.6) is 0 Å². The van der Waals surface area contributed by atoms with Gasteiger partial charge in [-0.3, -0.25) is 0 Å². The Bertz CT molecular complexity index is 384. The van der Waals surface area contributed by atoms with Crippen molar-refractivity contribution in [2.75, 3.05) is 7.05 Å². The van der Waals surface area contributed by atoms with Crippen molar-refractivity contribution in [3.8, 4) is 0 Å². The minimum atomic E-state index is 0.566. The van der Waals surface area contributed by atoms with Crippen LogP contribution >= 0.6 is 11.8 Å². The molecule has 0 spiro atoms. The molecule has 0 amide bonds. The van der Waals surface area contributed by atoms with E-state index in [1.165, 1.54) is 37.7 Å². The van der Waals surface area contributed by atoms with Crippen molar-refractivity contribution in [2.24, 2.45) is 0 Å². The molecule has 2 aliphatic carbocycles. The zero-order valence-electron chi connectivity index (χ0n) is 10.5. The van der Waals surface area contributed by atoms with Crippen molar-refractivity contribution in [1.82, 2.24) is 5.32 Å². The van der Waals surface area contributed by atoms with E-state index < -0.39 is 0 Å². The minimum absolute atomic E-state index is 0.566. The second-order valence-corrected chi connectivity index (χ2v) is 6.79. The molecule has 17 heavy (non-hydrogen) atoms. The average Bonchev–Trinajstić information content (AvgIpc) is 2.96. The lowest BCUT2D eigenvalue weighted by Gasteiger charge is -2.22. The summed E-state index contributed by atoms with van der Waals surface area (Å²) in [5, 5.41) is 5.20. The third-order valence-electron chi connectivity index (χ3n) is 4.16. The quantitative estimate of drug-likeness (QED) is 0.876. The van der Waals surface area contributed by atoms with Crippen molar-refractivity contribution < 1.29 is 0 Å². The Hall–Kier alpha value is -0.470. The molecular formula is C15H21NS. The van der Waals surface area contributed by atoms with Crippen LogP contribution in [-0.2, 0) is 6.42 Å². The summed E-state index contributed by atoms with van der Waals surface area (Å²) in [6, 6.07) is 9.51. The van der Waals surface area contributed by atoms with Gasteiger partial charge < -0.3 is 5.32 Å². The van der Waals surface area contributed by atoms with Crippen LogP contribution < -0.4 is 5.32 Å². The number of thioether (sulfide) groups is 1. The molecule has 0 aliphatic heterocycles. The number of nitrogens with one attached hydrogen (secondary N) is 1. The molecule has 0 heterocycles. The van der Waals surface area contributed by atoms with Crippen LogP contribution in [0, 0.1) is 0 Å². The molecule has 2 atom stereocenters. The van der Waals surface area contributed by atoms with Gasteiger partial charge in [-0.05, 0) is 37.4 Å². The summed E-state index contributed by atoms with van der Waals surface area (Å²) in [4.78, 5) is 0. The highest BCUT2D eigenvalue weighted by molar-refractivity contribution is 8.00. The van der Waals surface area contributed by atoms with Gasteiger partial charge in [0.05, 0.1) is 0 Å². The average molecular weight is 247 g/mol. The Morgan fingerprint density at radius 3 is 2.71 bits per heavy atom. The fraction of sp³-hybridized carbons (Fsp3) is 0.600. The third-order valence-corrected chi connectivity index (χ3v) is 5.81. The standard InChI is InChI=1S/C15H21NS/c1-16-15-13-9-5-2-6-11(13)10-14(15)17-12-7-3-4-8-12/h2,5-6,9,12,14-16H,3-4,7-8,10H2,1H3. The van der Waals surface area contributed by atoms with Crippen LogP contribution in [0.1, 0.15) is 42.9 Å². The van der Waals surface area contributed by atoms with E-state index in [1.807, 2.05) is 0 Å². The zero-order chi connectivity index (χ0) is 11.7. The third kappa shape index (κ3) is 2.25. The predicted molar refractivity (Wildman–Crippen MR) is 75.6 cm³/mol. The van der Waals surface area contributed by atoms with E-state index in [0.717, 1.165) is 10.5 Å². The Labute approximate surface area is 108 Å². The van der Waals surface area contributed by atoms with E-state index in [9.17, 15) is 0 Å². The van der Waals surface area contributed by atoms with Gasteiger partial charge in [-0.15, -0.1) is 0 Å². The molecule has 1 fully saturated rings. The van der Waals surface area contributed by atoms with Crippen LogP contribution in [0.15, 0.2) is 24.3 Å². The molecule has 0 aromatic heterocycles. The van der Waals surface area contributed by atoms with Crippen molar-refractivity contribution in [3.05, 3.63) is 35.4 Å². The maximum absolute atomic E-state index is 3.52. The van der Waals surface area contributed by atoms with Gasteiger partial charge in [-0.25, -0.2) is 0 Å². The summed E-state index contributed by atoms with van der Waals surface area (Å²) in [5.74, 6) is 0. The number of benzene rings is 1. The molecule has 2 heteroatoms. The number of hydrogen-bond acceptors (Lipinski definition) is 2. The lowest BCUT2D eigenvalue weighted by molar-refractivity contribution is 0.601. The second-order valence-electron chi connectivity index (χ2n) is 5.25. The minimum Gasteiger partial charge on any atom is -0.312 e. The second kappa shape index (κ2) is 5.03. The molecule has 1 saturated carbocycles. The van der Waals surface area contributed by atoms with Gasteiger partial charge in [0, 0.05) is 16.5 Å². The van der Waals surface area contributed by atoms with E-state index in [0.29, 0.717) is 6.04 Å². The summed E-state index contributed by atoms with van der Waals surface area (Å²) >= 11 is 2.24. The van der Waals surface area contributed by atoms with Gasteiger partial charge in [0.25, 0.3) is 0 Å². The maximum Gasteiger partial charge on any atom is 0.0444 e. The molecule has 2 aliphatic rings. The molecular weight excluding hydrogens is 226 g/mol. The SMILES string of the molecule is CNC1c2ccccc2CC1SC1CCCC1. The lowest BCUT2D eigenvalue weighted by atomic mass is 10.1. The highest BCUT2D eigenvalue weighted by Gasteiger charge is 2.33. The first-order valence-corrected chi connectivity index (χ1v) is 7.73. The summed E-state index contributed by atoms with van der Waals surface area (Å²) in [6.07, 6.45) is 7.02. The monoisotopic (exact) mass is 247 g/mol. The van der Waals surface area contributed by atoms with Crippen LogP contribution in [0.4, 0.5) is 0 Å². The van der Waals surface area contributed by atoms with E-state index in [4.69, 9.17) is 0 Å². The van der Waals surface area contributed by atoms with Crippen molar-refractivity contribution >= 4 is 11.8 Å². The molecule has 0 radical (unpaired) electrons. The Balaban J connectivity index is 1.74. The van der Waals surface area contributed by atoms with Crippen molar-refractivity contribution in [3.63, 3.8) is 0 Å². The number of rotatable bonds is 3. The van der Waals surface area contributed by atoms with E-state index in [2.05, 4.69) is 48.4 Å². The van der Waals surface area contributed by atoms with Gasteiger partial charge >= 0.3 is 0 Å². The van der Waals surface area contributed by atoms with Crippen molar-refractivity contribution in [1.29, 1.82) is 0 Å². The normalized spacial score (nSPS) is 28.5. The lowest BCUT2D eigenvalue weighted by Crippen LogP contribution is -2.25. The highest BCUT2D eigenvalue weighted by atomic mass is 32.2. The Morgan fingerprint density at radius 2 is 1.94 bits per heavy atom. The first-order chi connectivity index (χ1) is 8.38. The smallest absolute Gasteiger partial charge is 0.0444 e. The highest BCUT2D eigenvalue weighted by Crippen LogP contribution is 2.43. The summed E-state index contributed by atoms with van der Waals surface area (Å²) in [6.45, 7) is 0. The molecule has 1 N–H and O–H groups in total. The number of hydrogen-bond donors (Lipinski definition) is 1. The van der Waals surface area contributed by atoms with Crippen LogP contribution in [0.3, 0.4) is 0 Å². The molecule has 1 nitrogen and oxygen atoms in total. The fourth-order valence-corrected chi connectivity index (χ4v) is 5.11. The predicted octanol–water partition coefficient (Wildman–Crippen LogP) is 3.55. The largest absolute Gasteiger partial charge is 0.312 e. The molecule has 3 rings (SSSR count). The van der Waals surface area contributed by atoms with Gasteiger partial charge in [-0.1, -0.05) is 37.1 Å². The molecule has 0 bridgehead atoms. The van der Waals surface area contributed by atoms with Crippen LogP contribution in [0.25, 0.3) is 0 Å². The summed E-state index contributed by atoms with van der Waals surface area (Å²) in [7, 11) is 2.11. The molecule has 2 unspecified atom stereocenters. The van der Waals surface area contributed by atoms with E-state index in [1.54, 1.807) is 5.56 Å². The molecule has 92 valence electrons. The van der Waals surface area contributed by atoms with Crippen molar-refractivity contribution in [2.45, 2.75) is 48.6 Å². The Kier molecular flexibility index (Phi) is 3.44. The van der Waals surface area contributed by atoms with Gasteiger partial charge in [0.1, 0.15) is 0 Å². The van der Waals surface area contributed by atoms with Gasteiger partial charge in [-0.2, -0.15) is 11.8 Å². The number of fused-ring (bicyclic) bond motifs is 1. The topological polar surface area (TPSA) is 12.0 Å². The first kappa shape index (κ1) is 11.6. The van der Waals surface area contributed by atoms with Gasteiger partial charge in [0.2, 0.25) is 0 Å². The summed E-state index contributed by atoms with van der Waals surface area (Å²) < 4.78 is 0. The van der Waals surface area contributed by atoms with Gasteiger partial charge in [0.15, 0.2) is 0 Å². The van der Waals surface area contributed by atoms with Crippen LogP contribution in [-0.4, -0.2) is 17.5 Å². The summed E-state index contributed by atoms with van der Waals surface area (Å²) in [5.41, 5.74) is 3.09. The van der Waals surface area contributed by atoms with Crippen LogP contribution in [0.2, 0.25) is 0 Å². The Morgan fingerprint density at radius 1 is 1.18 bits per heavy atom. The fourth-order valence-electron chi connectivity index (χ4n) is 3.30. The molecule has 1 aromatic rings. The molecule has 0 saturated heterocycles. The molecule has 1 aromatic carbocycles. The maximum atomic E-state index is 3.52. The van der Waals surface area contributed by atoms with E-state index in [-0.39, 0.29) is 0 Å².